The molecule has 0 spiro atoms. The van der Waals surface area contributed by atoms with Crippen molar-refractivity contribution >= 4 is 99.7 Å². The van der Waals surface area contributed by atoms with E-state index in [-0.39, 0.29) is 0 Å². The normalized spacial score (nSPS) is 11.6. The fraction of sp³-hybridized carbons (Fsp3) is 0. The largest absolute Gasteiger partial charge is 0.456 e. The first-order chi connectivity index (χ1) is 50.1. The molecule has 19 aromatic rings. The standard InChI is InChI=1S/C96H64N4O/c1-6-28-65(29-7-1)79-46-26-47-80(66-30-8-2-9-31-66)95(79)97(74-39-24-36-69(58-74)70-54-56-92-87(61-70)85-44-18-22-52-91(85)99(92)73-37-14-5-15-38-73)77-59-72(71-55-57-94-88(62-71)86-45-19-23-53-93(86)101-94)60-78(64-77)98(96-81(67-32-10-3-11-33-67)48-27-49-82(96)68-34-12-4-13-35-68)75-40-25-41-76(63-75)100-89-50-20-16-42-83(89)84-43-17-21-51-90(84)100/h1-64H. The molecule has 5 heteroatoms. The van der Waals surface area contributed by atoms with Crippen molar-refractivity contribution in [2.24, 2.45) is 0 Å². The van der Waals surface area contributed by atoms with Crippen LogP contribution in [-0.2, 0) is 0 Å². The summed E-state index contributed by atoms with van der Waals surface area (Å²) in [5, 5.41) is 6.93. The second kappa shape index (κ2) is 24.9. The highest BCUT2D eigenvalue weighted by Crippen LogP contribution is 2.53. The zero-order chi connectivity index (χ0) is 66.7. The quantitative estimate of drug-likeness (QED) is 0.109. The molecular formula is C96H64N4O. The summed E-state index contributed by atoms with van der Waals surface area (Å²) in [6, 6.07) is 142. The van der Waals surface area contributed by atoms with Crippen LogP contribution < -0.4 is 9.80 Å². The second-order valence-corrected chi connectivity index (χ2v) is 25.9. The van der Waals surface area contributed by atoms with Crippen molar-refractivity contribution in [2.45, 2.75) is 0 Å². The van der Waals surface area contributed by atoms with Gasteiger partial charge in [-0.3, -0.25) is 0 Å². The van der Waals surface area contributed by atoms with Gasteiger partial charge in [-0.1, -0.05) is 279 Å². The topological polar surface area (TPSA) is 29.5 Å². The van der Waals surface area contributed by atoms with Gasteiger partial charge in [0.15, 0.2) is 0 Å². The summed E-state index contributed by atoms with van der Waals surface area (Å²) in [5.74, 6) is 0. The van der Waals surface area contributed by atoms with Gasteiger partial charge < -0.3 is 23.4 Å². The Morgan fingerprint density at radius 2 is 0.535 bits per heavy atom. The van der Waals surface area contributed by atoms with Gasteiger partial charge in [0.1, 0.15) is 11.2 Å². The van der Waals surface area contributed by atoms with Crippen LogP contribution in [0.15, 0.2) is 393 Å². The molecule has 0 radical (unpaired) electrons. The number of fused-ring (bicyclic) bond motifs is 9. The van der Waals surface area contributed by atoms with E-state index >= 15 is 0 Å². The predicted molar refractivity (Wildman–Crippen MR) is 424 cm³/mol. The highest BCUT2D eigenvalue weighted by atomic mass is 16.3. The van der Waals surface area contributed by atoms with Crippen molar-refractivity contribution in [3.63, 3.8) is 0 Å². The molecule has 0 aliphatic heterocycles. The molecule has 474 valence electrons. The Morgan fingerprint density at radius 1 is 0.188 bits per heavy atom. The Balaban J connectivity index is 0.928. The van der Waals surface area contributed by atoms with E-state index in [4.69, 9.17) is 4.42 Å². The fourth-order valence-electron chi connectivity index (χ4n) is 15.5. The smallest absolute Gasteiger partial charge is 0.135 e. The lowest BCUT2D eigenvalue weighted by atomic mass is 9.92. The Hall–Kier alpha value is -13.5. The number of para-hydroxylation sites is 7. The highest BCUT2D eigenvalue weighted by Gasteiger charge is 2.29. The Kier molecular flexibility index (Phi) is 14.5. The van der Waals surface area contributed by atoms with Gasteiger partial charge in [-0.25, -0.2) is 0 Å². The molecule has 3 heterocycles. The molecule has 5 nitrogen and oxygen atoms in total. The maximum absolute atomic E-state index is 6.61. The Morgan fingerprint density at radius 3 is 1.07 bits per heavy atom. The van der Waals surface area contributed by atoms with Crippen LogP contribution in [0.1, 0.15) is 0 Å². The Bertz CT molecular complexity index is 6160. The zero-order valence-electron chi connectivity index (χ0n) is 55.1. The maximum Gasteiger partial charge on any atom is 0.135 e. The number of anilines is 6. The van der Waals surface area contributed by atoms with Crippen molar-refractivity contribution < 1.29 is 4.42 Å². The lowest BCUT2D eigenvalue weighted by Crippen LogP contribution is -2.16. The fourth-order valence-corrected chi connectivity index (χ4v) is 15.5. The van der Waals surface area contributed by atoms with Crippen LogP contribution in [0.25, 0.3) is 144 Å². The van der Waals surface area contributed by atoms with E-state index in [2.05, 4.69) is 401 Å². The van der Waals surface area contributed by atoms with E-state index < -0.39 is 0 Å². The molecule has 0 aliphatic carbocycles. The predicted octanol–water partition coefficient (Wildman–Crippen LogP) is 26.7. The van der Waals surface area contributed by atoms with E-state index in [9.17, 15) is 0 Å². The minimum absolute atomic E-state index is 0.838. The van der Waals surface area contributed by atoms with E-state index in [0.29, 0.717) is 0 Å². The van der Waals surface area contributed by atoms with Gasteiger partial charge >= 0.3 is 0 Å². The van der Waals surface area contributed by atoms with Crippen molar-refractivity contribution in [3.05, 3.63) is 388 Å². The monoisotopic (exact) mass is 1290 g/mol. The summed E-state index contributed by atoms with van der Waals surface area (Å²) in [6.45, 7) is 0. The maximum atomic E-state index is 6.61. The third-order valence-electron chi connectivity index (χ3n) is 20.0. The van der Waals surface area contributed by atoms with Gasteiger partial charge in [0.05, 0.1) is 33.4 Å². The number of nitrogens with zero attached hydrogens (tertiary/aromatic N) is 4. The van der Waals surface area contributed by atoms with Crippen molar-refractivity contribution in [1.82, 2.24) is 9.13 Å². The van der Waals surface area contributed by atoms with Crippen LogP contribution in [0.5, 0.6) is 0 Å². The number of hydrogen-bond acceptors (Lipinski definition) is 3. The summed E-state index contributed by atoms with van der Waals surface area (Å²) < 4.78 is 11.4. The minimum atomic E-state index is 0.838. The van der Waals surface area contributed by atoms with Gasteiger partial charge in [-0.15, -0.1) is 0 Å². The molecule has 3 aromatic heterocycles. The molecule has 101 heavy (non-hydrogen) atoms. The molecule has 0 atom stereocenters. The van der Waals surface area contributed by atoms with Gasteiger partial charge in [0, 0.05) is 88.7 Å². The van der Waals surface area contributed by atoms with Gasteiger partial charge in [0.25, 0.3) is 0 Å². The average Bonchev–Trinajstić information content (AvgIpc) is 1.72. The van der Waals surface area contributed by atoms with Crippen LogP contribution in [-0.4, -0.2) is 9.13 Å². The van der Waals surface area contributed by atoms with Crippen LogP contribution in [0.2, 0.25) is 0 Å². The minimum Gasteiger partial charge on any atom is -0.456 e. The van der Waals surface area contributed by atoms with E-state index in [1.165, 1.54) is 27.1 Å². The van der Waals surface area contributed by atoms with E-state index in [1.54, 1.807) is 0 Å². The van der Waals surface area contributed by atoms with Crippen molar-refractivity contribution in [2.75, 3.05) is 9.80 Å². The summed E-state index contributed by atoms with van der Waals surface area (Å²) in [5.41, 5.74) is 27.4. The number of hydrogen-bond donors (Lipinski definition) is 0. The third-order valence-corrected chi connectivity index (χ3v) is 20.0. The summed E-state index contributed by atoms with van der Waals surface area (Å²) >= 11 is 0. The molecule has 0 N–H and O–H groups in total. The van der Waals surface area contributed by atoms with Gasteiger partial charge in [0.2, 0.25) is 0 Å². The van der Waals surface area contributed by atoms with Gasteiger partial charge in [-0.05, 0) is 154 Å². The first-order valence-corrected chi connectivity index (χ1v) is 34.5. The van der Waals surface area contributed by atoms with Crippen molar-refractivity contribution in [1.29, 1.82) is 0 Å². The lowest BCUT2D eigenvalue weighted by Gasteiger charge is -2.34. The molecule has 0 bridgehead atoms. The van der Waals surface area contributed by atoms with Crippen LogP contribution >= 0.6 is 0 Å². The molecule has 0 saturated carbocycles. The third kappa shape index (κ3) is 10.3. The number of aromatic nitrogens is 2. The molecule has 0 unspecified atom stereocenters. The van der Waals surface area contributed by atoms with Crippen LogP contribution in [0.4, 0.5) is 34.1 Å². The molecular weight excluding hydrogens is 1230 g/mol. The van der Waals surface area contributed by atoms with Gasteiger partial charge in [-0.2, -0.15) is 0 Å². The SMILES string of the molecule is c1ccc(-c2cccc(-c3ccccc3)c2N(c2cccc(-c3ccc4c(c3)c3ccccc3n4-c3ccccc3)c2)c2cc(-c3ccc4oc5ccccc5c4c3)cc(N(c3cccc(-n4c5ccccc5c5ccccc54)c3)c3c(-c4ccccc4)cccc3-c3ccccc3)c2)cc1. The molecule has 19 rings (SSSR count). The zero-order valence-corrected chi connectivity index (χ0v) is 55.1. The first kappa shape index (κ1) is 58.8. The summed E-state index contributed by atoms with van der Waals surface area (Å²) in [6.07, 6.45) is 0. The Labute approximate surface area is 585 Å². The van der Waals surface area contributed by atoms with Crippen molar-refractivity contribution in [3.8, 4) is 78.1 Å². The number of furan rings is 1. The number of rotatable bonds is 14. The summed E-state index contributed by atoms with van der Waals surface area (Å²) in [7, 11) is 0. The molecule has 0 saturated heterocycles. The lowest BCUT2D eigenvalue weighted by molar-refractivity contribution is 0.669. The molecule has 16 aromatic carbocycles. The number of benzene rings is 16. The van der Waals surface area contributed by atoms with Crippen LogP contribution in [0, 0.1) is 0 Å². The van der Waals surface area contributed by atoms with E-state index in [1.807, 2.05) is 6.07 Å². The molecule has 0 fully saturated rings. The average molecular weight is 1290 g/mol. The molecule has 0 aliphatic rings. The highest BCUT2D eigenvalue weighted by molar-refractivity contribution is 6.12. The van der Waals surface area contributed by atoms with E-state index in [0.717, 1.165) is 151 Å². The summed E-state index contributed by atoms with van der Waals surface area (Å²) in [4.78, 5) is 5.08. The molecule has 0 amide bonds. The van der Waals surface area contributed by atoms with Crippen LogP contribution in [0.3, 0.4) is 0 Å². The first-order valence-electron chi connectivity index (χ1n) is 34.5. The second-order valence-electron chi connectivity index (χ2n) is 25.9.